The molecule has 0 aliphatic heterocycles. The highest BCUT2D eigenvalue weighted by molar-refractivity contribution is 9.11. The van der Waals surface area contributed by atoms with E-state index in [1.807, 2.05) is 6.20 Å². The van der Waals surface area contributed by atoms with Gasteiger partial charge in [0.1, 0.15) is 0 Å². The van der Waals surface area contributed by atoms with E-state index in [9.17, 15) is 0 Å². The van der Waals surface area contributed by atoms with Crippen molar-refractivity contribution in [1.29, 1.82) is 0 Å². The lowest BCUT2D eigenvalue weighted by atomic mass is 10.0. The van der Waals surface area contributed by atoms with Crippen molar-refractivity contribution in [1.82, 2.24) is 10.3 Å². The van der Waals surface area contributed by atoms with Crippen molar-refractivity contribution < 1.29 is 0 Å². The number of nitrogens with zero attached hydrogens (tertiary/aromatic N) is 1. The highest BCUT2D eigenvalue weighted by Gasteiger charge is 2.45. The van der Waals surface area contributed by atoms with Gasteiger partial charge in [-0.3, -0.25) is 4.98 Å². The SMILES string of the molecule is CCNC(c1ncc(Br)cc1Br)C1CC1c1ccccc1. The maximum Gasteiger partial charge on any atom is 0.0718 e. The van der Waals surface area contributed by atoms with E-state index in [4.69, 9.17) is 0 Å². The lowest BCUT2D eigenvalue weighted by Crippen LogP contribution is -2.24. The molecule has 3 unspecified atom stereocenters. The average molecular weight is 410 g/mol. The molecule has 0 radical (unpaired) electrons. The second-order valence-corrected chi connectivity index (χ2v) is 7.24. The molecule has 1 aromatic heterocycles. The maximum atomic E-state index is 4.63. The van der Waals surface area contributed by atoms with Crippen LogP contribution in [-0.4, -0.2) is 11.5 Å². The molecule has 2 aromatic rings. The Morgan fingerprint density at radius 3 is 2.71 bits per heavy atom. The van der Waals surface area contributed by atoms with Crippen molar-refractivity contribution in [2.45, 2.75) is 25.3 Å². The second-order valence-electron chi connectivity index (χ2n) is 5.47. The quantitative estimate of drug-likeness (QED) is 0.746. The Bertz CT molecular complexity index is 615. The lowest BCUT2D eigenvalue weighted by Gasteiger charge is -2.19. The van der Waals surface area contributed by atoms with Gasteiger partial charge in [-0.25, -0.2) is 0 Å². The first-order chi connectivity index (χ1) is 10.2. The fourth-order valence-electron chi connectivity index (χ4n) is 2.99. The summed E-state index contributed by atoms with van der Waals surface area (Å²) in [5.74, 6) is 1.27. The Hall–Kier alpha value is -0.710. The van der Waals surface area contributed by atoms with E-state index < -0.39 is 0 Å². The number of hydrogen-bond donors (Lipinski definition) is 1. The second kappa shape index (κ2) is 6.59. The van der Waals surface area contributed by atoms with Gasteiger partial charge in [-0.05, 0) is 68.3 Å². The summed E-state index contributed by atoms with van der Waals surface area (Å²) in [6.45, 7) is 3.10. The minimum absolute atomic E-state index is 0.308. The van der Waals surface area contributed by atoms with E-state index in [-0.39, 0.29) is 0 Å². The van der Waals surface area contributed by atoms with Crippen LogP contribution in [0.5, 0.6) is 0 Å². The summed E-state index contributed by atoms with van der Waals surface area (Å²) in [4.78, 5) is 4.63. The smallest absolute Gasteiger partial charge is 0.0718 e. The molecule has 3 atom stereocenters. The normalized spacial score (nSPS) is 22.0. The first-order valence-corrected chi connectivity index (χ1v) is 8.88. The van der Waals surface area contributed by atoms with Crippen LogP contribution in [0, 0.1) is 5.92 Å². The van der Waals surface area contributed by atoms with Crippen LogP contribution in [0.4, 0.5) is 0 Å². The summed E-state index contributed by atoms with van der Waals surface area (Å²) >= 11 is 7.13. The van der Waals surface area contributed by atoms with Gasteiger partial charge in [0.25, 0.3) is 0 Å². The molecular weight excluding hydrogens is 392 g/mol. The predicted molar refractivity (Wildman–Crippen MR) is 93.3 cm³/mol. The van der Waals surface area contributed by atoms with Gasteiger partial charge in [-0.2, -0.15) is 0 Å². The molecule has 0 bridgehead atoms. The maximum absolute atomic E-state index is 4.63. The Morgan fingerprint density at radius 1 is 1.29 bits per heavy atom. The van der Waals surface area contributed by atoms with E-state index in [1.54, 1.807) is 0 Å². The molecule has 3 rings (SSSR count). The largest absolute Gasteiger partial charge is 0.309 e. The molecule has 21 heavy (non-hydrogen) atoms. The van der Waals surface area contributed by atoms with Crippen molar-refractivity contribution in [3.63, 3.8) is 0 Å². The monoisotopic (exact) mass is 408 g/mol. The highest BCUT2D eigenvalue weighted by atomic mass is 79.9. The number of nitrogens with one attached hydrogen (secondary N) is 1. The molecule has 0 spiro atoms. The van der Waals surface area contributed by atoms with Crippen LogP contribution in [0.25, 0.3) is 0 Å². The van der Waals surface area contributed by atoms with Crippen LogP contribution >= 0.6 is 31.9 Å². The van der Waals surface area contributed by atoms with Crippen LogP contribution < -0.4 is 5.32 Å². The third-order valence-electron chi connectivity index (χ3n) is 4.05. The molecule has 0 saturated heterocycles. The highest BCUT2D eigenvalue weighted by Crippen LogP contribution is 2.54. The molecule has 110 valence electrons. The number of rotatable bonds is 5. The Balaban J connectivity index is 1.83. The van der Waals surface area contributed by atoms with Gasteiger partial charge in [0.15, 0.2) is 0 Å². The number of hydrogen-bond acceptors (Lipinski definition) is 2. The van der Waals surface area contributed by atoms with Crippen LogP contribution in [0.15, 0.2) is 51.5 Å². The van der Waals surface area contributed by atoms with E-state index in [2.05, 4.69) is 85.5 Å². The number of pyridine rings is 1. The van der Waals surface area contributed by atoms with E-state index in [1.165, 1.54) is 12.0 Å². The first-order valence-electron chi connectivity index (χ1n) is 7.30. The predicted octanol–water partition coefficient (Wildman–Crippen LogP) is 5.06. The number of aromatic nitrogens is 1. The molecule has 4 heteroatoms. The molecule has 1 saturated carbocycles. The van der Waals surface area contributed by atoms with Crippen molar-refractivity contribution >= 4 is 31.9 Å². The summed E-state index contributed by atoms with van der Waals surface area (Å²) in [5.41, 5.74) is 2.56. The third kappa shape index (κ3) is 3.38. The third-order valence-corrected chi connectivity index (χ3v) is 5.12. The standard InChI is InChI=1S/C17H18Br2N2/c1-2-20-16(17-15(19)8-12(18)10-21-17)14-9-13(14)11-6-4-3-5-7-11/h3-8,10,13-14,16,20H,2,9H2,1H3. The zero-order chi connectivity index (χ0) is 14.8. The minimum Gasteiger partial charge on any atom is -0.309 e. The zero-order valence-electron chi connectivity index (χ0n) is 11.9. The summed E-state index contributed by atoms with van der Waals surface area (Å²) in [6.07, 6.45) is 3.11. The first kappa shape index (κ1) is 15.2. The van der Waals surface area contributed by atoms with Crippen molar-refractivity contribution in [2.75, 3.05) is 6.54 Å². The van der Waals surface area contributed by atoms with Gasteiger partial charge in [-0.1, -0.05) is 37.3 Å². The van der Waals surface area contributed by atoms with Gasteiger partial charge in [0.2, 0.25) is 0 Å². The van der Waals surface area contributed by atoms with Crippen LogP contribution in [0.1, 0.15) is 36.6 Å². The van der Waals surface area contributed by atoms with E-state index >= 15 is 0 Å². The molecule has 1 aliphatic rings. The van der Waals surface area contributed by atoms with Gasteiger partial charge in [0.05, 0.1) is 11.7 Å². The van der Waals surface area contributed by atoms with Crippen LogP contribution in [0.3, 0.4) is 0 Å². The summed E-state index contributed by atoms with van der Waals surface area (Å²) < 4.78 is 2.07. The van der Waals surface area contributed by atoms with Crippen LogP contribution in [0.2, 0.25) is 0 Å². The number of benzene rings is 1. The Morgan fingerprint density at radius 2 is 2.05 bits per heavy atom. The van der Waals surface area contributed by atoms with Gasteiger partial charge >= 0.3 is 0 Å². The molecule has 2 nitrogen and oxygen atoms in total. The van der Waals surface area contributed by atoms with E-state index in [0.29, 0.717) is 17.9 Å². The molecule has 1 aliphatic carbocycles. The summed E-state index contributed by atoms with van der Waals surface area (Å²) in [6, 6.07) is 13.2. The van der Waals surface area contributed by atoms with Crippen molar-refractivity contribution in [3.05, 3.63) is 62.8 Å². The number of halogens is 2. The molecule has 1 fully saturated rings. The molecule has 1 aromatic carbocycles. The Labute approximate surface area is 142 Å². The summed E-state index contributed by atoms with van der Waals surface area (Å²) in [7, 11) is 0. The molecular formula is C17H18Br2N2. The molecule has 1 N–H and O–H groups in total. The fourth-order valence-corrected chi connectivity index (χ4v) is 4.23. The zero-order valence-corrected chi connectivity index (χ0v) is 15.1. The minimum atomic E-state index is 0.308. The Kier molecular flexibility index (Phi) is 4.77. The topological polar surface area (TPSA) is 24.9 Å². The average Bonchev–Trinajstić information content (AvgIpc) is 3.27. The van der Waals surface area contributed by atoms with Crippen molar-refractivity contribution in [3.8, 4) is 0 Å². The summed E-state index contributed by atoms with van der Waals surface area (Å²) in [5, 5.41) is 3.61. The van der Waals surface area contributed by atoms with Gasteiger partial charge < -0.3 is 5.32 Å². The fraction of sp³-hybridized carbons (Fsp3) is 0.353. The van der Waals surface area contributed by atoms with Crippen LogP contribution in [-0.2, 0) is 0 Å². The van der Waals surface area contributed by atoms with Gasteiger partial charge in [-0.15, -0.1) is 0 Å². The van der Waals surface area contributed by atoms with Gasteiger partial charge in [0, 0.05) is 15.1 Å². The van der Waals surface area contributed by atoms with E-state index in [0.717, 1.165) is 21.2 Å². The van der Waals surface area contributed by atoms with Crippen molar-refractivity contribution in [2.24, 2.45) is 5.92 Å². The molecule has 0 amide bonds. The lowest BCUT2D eigenvalue weighted by molar-refractivity contribution is 0.474. The molecule has 1 heterocycles.